The second-order valence-electron chi connectivity index (χ2n) is 7.12. The van der Waals surface area contributed by atoms with E-state index in [-0.39, 0.29) is 0 Å². The van der Waals surface area contributed by atoms with Crippen LogP contribution >= 0.6 is 0 Å². The van der Waals surface area contributed by atoms with Crippen molar-refractivity contribution in [2.24, 2.45) is 17.3 Å². The van der Waals surface area contributed by atoms with E-state index in [0.29, 0.717) is 11.3 Å². The Bertz CT molecular complexity index is 443. The highest BCUT2D eigenvalue weighted by Gasteiger charge is 2.51. The Hall–Kier alpha value is -1.32. The minimum Gasteiger partial charge on any atom is -0.490 e. The zero-order valence-corrected chi connectivity index (χ0v) is 12.8. The van der Waals surface area contributed by atoms with E-state index in [9.17, 15) is 0 Å². The van der Waals surface area contributed by atoms with Crippen LogP contribution in [0, 0.1) is 17.3 Å². The van der Waals surface area contributed by atoms with Gasteiger partial charge < -0.3 is 9.64 Å². The number of hydrogen-bond acceptors (Lipinski definition) is 4. The van der Waals surface area contributed by atoms with Crippen molar-refractivity contribution in [3.05, 3.63) is 12.4 Å². The molecule has 2 heterocycles. The summed E-state index contributed by atoms with van der Waals surface area (Å²) in [5.74, 6) is 3.21. The Morgan fingerprint density at radius 2 is 1.95 bits per heavy atom. The lowest BCUT2D eigenvalue weighted by Gasteiger charge is -2.58. The van der Waals surface area contributed by atoms with Gasteiger partial charge in [-0.2, -0.15) is 0 Å². The number of ether oxygens (including phenoxy) is 1. The van der Waals surface area contributed by atoms with Gasteiger partial charge in [-0.15, -0.1) is 0 Å². The third-order valence-corrected chi connectivity index (χ3v) is 4.48. The smallest absolute Gasteiger partial charge is 0.225 e. The van der Waals surface area contributed by atoms with Crippen LogP contribution in [-0.2, 0) is 0 Å². The Balaban J connectivity index is 1.48. The van der Waals surface area contributed by atoms with Gasteiger partial charge >= 0.3 is 0 Å². The third kappa shape index (κ3) is 2.74. The second-order valence-corrected chi connectivity index (χ2v) is 7.12. The molecular formula is C16H25N3O. The van der Waals surface area contributed by atoms with Gasteiger partial charge in [-0.25, -0.2) is 9.97 Å². The largest absolute Gasteiger partial charge is 0.490 e. The fourth-order valence-electron chi connectivity index (χ4n) is 3.54. The van der Waals surface area contributed by atoms with Gasteiger partial charge in [0.05, 0.1) is 19.0 Å². The Morgan fingerprint density at radius 1 is 1.30 bits per heavy atom. The van der Waals surface area contributed by atoms with E-state index in [1.54, 1.807) is 12.4 Å². The van der Waals surface area contributed by atoms with Crippen LogP contribution in [0.4, 0.5) is 5.95 Å². The molecule has 0 atom stereocenters. The Kier molecular flexibility index (Phi) is 3.57. The SMILES string of the molecule is CC(C)CCOc1cnc(N2CC3(CC(C)C3)C2)nc1. The van der Waals surface area contributed by atoms with Crippen LogP contribution < -0.4 is 9.64 Å². The van der Waals surface area contributed by atoms with Crippen LogP contribution in [0.5, 0.6) is 5.75 Å². The maximum atomic E-state index is 5.65. The summed E-state index contributed by atoms with van der Waals surface area (Å²) in [6.07, 6.45) is 7.42. The molecule has 110 valence electrons. The van der Waals surface area contributed by atoms with Gasteiger partial charge in [0.2, 0.25) is 5.95 Å². The van der Waals surface area contributed by atoms with Crippen LogP contribution in [0.15, 0.2) is 12.4 Å². The molecule has 2 aliphatic rings. The summed E-state index contributed by atoms with van der Waals surface area (Å²) < 4.78 is 5.65. The summed E-state index contributed by atoms with van der Waals surface area (Å²) in [6.45, 7) is 9.74. The van der Waals surface area contributed by atoms with Crippen molar-refractivity contribution < 1.29 is 4.74 Å². The van der Waals surface area contributed by atoms with Gasteiger partial charge in [0.1, 0.15) is 0 Å². The predicted octanol–water partition coefficient (Wildman–Crippen LogP) is 3.14. The van der Waals surface area contributed by atoms with Gasteiger partial charge in [0.25, 0.3) is 0 Å². The van der Waals surface area contributed by atoms with Crippen molar-refractivity contribution in [1.29, 1.82) is 0 Å². The monoisotopic (exact) mass is 275 g/mol. The molecule has 4 heteroatoms. The molecule has 2 fully saturated rings. The molecule has 1 aromatic heterocycles. The first-order valence-electron chi connectivity index (χ1n) is 7.76. The van der Waals surface area contributed by atoms with Gasteiger partial charge in [0.15, 0.2) is 5.75 Å². The van der Waals surface area contributed by atoms with Gasteiger partial charge in [0, 0.05) is 18.5 Å². The van der Waals surface area contributed by atoms with Gasteiger partial charge in [-0.3, -0.25) is 0 Å². The number of hydrogen-bond donors (Lipinski definition) is 0. The van der Waals surface area contributed by atoms with E-state index in [1.807, 2.05) is 0 Å². The summed E-state index contributed by atoms with van der Waals surface area (Å²) >= 11 is 0. The fraction of sp³-hybridized carbons (Fsp3) is 0.750. The molecule has 1 saturated carbocycles. The average Bonchev–Trinajstić information content (AvgIpc) is 2.33. The van der Waals surface area contributed by atoms with Crippen LogP contribution in [0.3, 0.4) is 0 Å². The first-order valence-corrected chi connectivity index (χ1v) is 7.76. The lowest BCUT2D eigenvalue weighted by Crippen LogP contribution is -2.62. The molecule has 1 saturated heterocycles. The number of aromatic nitrogens is 2. The van der Waals surface area contributed by atoms with Crippen molar-refractivity contribution in [3.8, 4) is 5.75 Å². The molecule has 3 rings (SSSR count). The third-order valence-electron chi connectivity index (χ3n) is 4.48. The van der Waals surface area contributed by atoms with Crippen molar-refractivity contribution in [3.63, 3.8) is 0 Å². The fourth-order valence-corrected chi connectivity index (χ4v) is 3.54. The summed E-state index contributed by atoms with van der Waals surface area (Å²) in [5.41, 5.74) is 0.592. The van der Waals surface area contributed by atoms with E-state index in [1.165, 1.54) is 12.8 Å². The minimum absolute atomic E-state index is 0.592. The Labute approximate surface area is 121 Å². The summed E-state index contributed by atoms with van der Waals surface area (Å²) in [4.78, 5) is 11.1. The maximum absolute atomic E-state index is 5.65. The van der Waals surface area contributed by atoms with Crippen molar-refractivity contribution in [1.82, 2.24) is 9.97 Å². The topological polar surface area (TPSA) is 38.2 Å². The molecule has 0 unspecified atom stereocenters. The molecular weight excluding hydrogens is 250 g/mol. The van der Waals surface area contributed by atoms with Gasteiger partial charge in [-0.1, -0.05) is 20.8 Å². The van der Waals surface area contributed by atoms with Crippen LogP contribution in [-0.4, -0.2) is 29.7 Å². The summed E-state index contributed by atoms with van der Waals surface area (Å²) in [6, 6.07) is 0. The summed E-state index contributed by atoms with van der Waals surface area (Å²) in [7, 11) is 0. The molecule has 4 nitrogen and oxygen atoms in total. The van der Waals surface area contributed by atoms with Crippen molar-refractivity contribution in [2.45, 2.75) is 40.0 Å². The quantitative estimate of drug-likeness (QED) is 0.827. The van der Waals surface area contributed by atoms with Crippen LogP contribution in [0.25, 0.3) is 0 Å². The van der Waals surface area contributed by atoms with Crippen molar-refractivity contribution in [2.75, 3.05) is 24.6 Å². The highest BCUT2D eigenvalue weighted by molar-refractivity contribution is 5.38. The van der Waals surface area contributed by atoms with E-state index in [0.717, 1.165) is 43.7 Å². The highest BCUT2D eigenvalue weighted by Crippen LogP contribution is 2.52. The summed E-state index contributed by atoms with van der Waals surface area (Å²) in [5, 5.41) is 0. The minimum atomic E-state index is 0.592. The van der Waals surface area contributed by atoms with E-state index >= 15 is 0 Å². The Morgan fingerprint density at radius 3 is 2.50 bits per heavy atom. The standard InChI is InChI=1S/C16H25N3O/c1-12(2)4-5-20-14-8-17-15(18-9-14)19-10-16(11-19)6-13(3)7-16/h8-9,12-13H,4-7,10-11H2,1-3H3. The number of nitrogens with zero attached hydrogens (tertiary/aromatic N) is 3. The predicted molar refractivity (Wildman–Crippen MR) is 80.0 cm³/mol. The zero-order valence-electron chi connectivity index (χ0n) is 12.8. The first-order chi connectivity index (χ1) is 9.56. The molecule has 0 N–H and O–H groups in total. The lowest BCUT2D eigenvalue weighted by molar-refractivity contribution is 0.0325. The zero-order chi connectivity index (χ0) is 14.2. The molecule has 1 aliphatic heterocycles. The normalized spacial score (nSPS) is 20.9. The van der Waals surface area contributed by atoms with Crippen LogP contribution in [0.1, 0.15) is 40.0 Å². The lowest BCUT2D eigenvalue weighted by atomic mass is 9.58. The number of rotatable bonds is 5. The van der Waals surface area contributed by atoms with E-state index in [2.05, 4.69) is 35.6 Å². The molecule has 0 amide bonds. The molecule has 0 bridgehead atoms. The first kappa shape index (κ1) is 13.7. The van der Waals surface area contributed by atoms with E-state index in [4.69, 9.17) is 4.74 Å². The highest BCUT2D eigenvalue weighted by atomic mass is 16.5. The molecule has 20 heavy (non-hydrogen) atoms. The maximum Gasteiger partial charge on any atom is 0.225 e. The molecule has 1 aromatic rings. The second kappa shape index (κ2) is 5.23. The molecule has 1 spiro atoms. The van der Waals surface area contributed by atoms with Crippen molar-refractivity contribution >= 4 is 5.95 Å². The van der Waals surface area contributed by atoms with Gasteiger partial charge in [-0.05, 0) is 31.1 Å². The molecule has 0 radical (unpaired) electrons. The molecule has 0 aromatic carbocycles. The molecule has 1 aliphatic carbocycles. The van der Waals surface area contributed by atoms with E-state index < -0.39 is 0 Å². The van der Waals surface area contributed by atoms with Crippen LogP contribution in [0.2, 0.25) is 0 Å². The number of anilines is 1. The average molecular weight is 275 g/mol.